The molecule has 1 saturated heterocycles. The van der Waals surface area contributed by atoms with E-state index >= 15 is 0 Å². The molecule has 1 fully saturated rings. The number of carboxylic acids is 1. The minimum Gasteiger partial charge on any atom is -0.497 e. The van der Waals surface area contributed by atoms with E-state index in [1.165, 1.54) is 7.11 Å². The molecule has 1 aromatic carbocycles. The van der Waals surface area contributed by atoms with Crippen LogP contribution in [0.5, 0.6) is 5.75 Å². The molecule has 1 aliphatic heterocycles. The fourth-order valence-electron chi connectivity index (χ4n) is 2.88. The number of benzene rings is 1. The molecule has 1 aromatic heterocycles. The van der Waals surface area contributed by atoms with Crippen molar-refractivity contribution in [2.45, 2.75) is 13.0 Å². The maximum Gasteiger partial charge on any atom is 0.309 e. The highest BCUT2D eigenvalue weighted by Crippen LogP contribution is 2.21. The monoisotopic (exact) mass is 361 g/mol. The number of rotatable bonds is 5. The number of ether oxygens (including phenoxy) is 2. The normalized spacial score (nSPS) is 14.4. The quantitative estimate of drug-likeness (QED) is 0.791. The maximum absolute atomic E-state index is 12.7. The van der Waals surface area contributed by atoms with Gasteiger partial charge in [-0.1, -0.05) is 0 Å². The average molecular weight is 361 g/mol. The summed E-state index contributed by atoms with van der Waals surface area (Å²) in [6.45, 7) is 1.58. The van der Waals surface area contributed by atoms with Gasteiger partial charge in [-0.2, -0.15) is 5.10 Å². The summed E-state index contributed by atoms with van der Waals surface area (Å²) in [5.41, 5.74) is -0.237. The molecule has 2 aromatic rings. The lowest BCUT2D eigenvalue weighted by Gasteiger charge is -2.26. The second-order valence-corrected chi connectivity index (χ2v) is 5.88. The van der Waals surface area contributed by atoms with Gasteiger partial charge in [0.25, 0.3) is 5.56 Å². The zero-order valence-corrected chi connectivity index (χ0v) is 14.3. The molecule has 0 unspecified atom stereocenters. The number of carbonyl (C=O) groups is 2. The lowest BCUT2D eigenvalue weighted by molar-refractivity contribution is -0.136. The van der Waals surface area contributed by atoms with Crippen LogP contribution in [-0.2, 0) is 27.3 Å². The standard InChI is InChI=1S/C17H19N3O6/c1-25-11-2-3-12-13(8-11)14(9-16(22)23)18-20(17(12)24)10-15(21)19-4-6-26-7-5-19/h2-3,8H,4-7,9-10H2,1H3,(H,22,23). The van der Waals surface area contributed by atoms with E-state index in [1.807, 2.05) is 0 Å². The first-order valence-corrected chi connectivity index (χ1v) is 8.14. The van der Waals surface area contributed by atoms with E-state index in [0.717, 1.165) is 4.68 Å². The highest BCUT2D eigenvalue weighted by atomic mass is 16.5. The highest BCUT2D eigenvalue weighted by molar-refractivity contribution is 5.88. The van der Waals surface area contributed by atoms with Crippen LogP contribution in [0, 0.1) is 0 Å². The van der Waals surface area contributed by atoms with Crippen molar-refractivity contribution in [2.24, 2.45) is 0 Å². The van der Waals surface area contributed by atoms with Crippen molar-refractivity contribution in [2.75, 3.05) is 33.4 Å². The number of carbonyl (C=O) groups excluding carboxylic acids is 1. The van der Waals surface area contributed by atoms with Gasteiger partial charge in [-0.15, -0.1) is 0 Å². The Balaban J connectivity index is 2.02. The summed E-state index contributed by atoms with van der Waals surface area (Å²) in [7, 11) is 1.48. The number of nitrogens with zero attached hydrogens (tertiary/aromatic N) is 3. The van der Waals surface area contributed by atoms with Gasteiger partial charge in [-0.3, -0.25) is 14.4 Å². The molecule has 3 rings (SSSR count). The molecule has 138 valence electrons. The van der Waals surface area contributed by atoms with Gasteiger partial charge in [0.1, 0.15) is 12.3 Å². The van der Waals surface area contributed by atoms with Crippen LogP contribution in [0.3, 0.4) is 0 Å². The Morgan fingerprint density at radius 2 is 2.00 bits per heavy atom. The van der Waals surface area contributed by atoms with Crippen molar-refractivity contribution in [3.63, 3.8) is 0 Å². The third-order valence-corrected chi connectivity index (χ3v) is 4.21. The lowest BCUT2D eigenvalue weighted by atomic mass is 10.1. The predicted molar refractivity (Wildman–Crippen MR) is 91.3 cm³/mol. The largest absolute Gasteiger partial charge is 0.497 e. The lowest BCUT2D eigenvalue weighted by Crippen LogP contribution is -2.44. The van der Waals surface area contributed by atoms with Crippen LogP contribution in [0.1, 0.15) is 5.69 Å². The summed E-state index contributed by atoms with van der Waals surface area (Å²) in [5.74, 6) is -0.837. The third-order valence-electron chi connectivity index (χ3n) is 4.21. The Bertz CT molecular complexity index is 901. The van der Waals surface area contributed by atoms with Gasteiger partial charge in [0.2, 0.25) is 5.91 Å². The van der Waals surface area contributed by atoms with Gasteiger partial charge < -0.3 is 19.5 Å². The third kappa shape index (κ3) is 3.67. The number of carboxylic acid groups (broad SMARTS) is 1. The molecule has 9 nitrogen and oxygen atoms in total. The molecule has 0 atom stereocenters. The molecule has 0 saturated carbocycles. The molecular formula is C17H19N3O6. The van der Waals surface area contributed by atoms with Crippen molar-refractivity contribution < 1.29 is 24.2 Å². The van der Waals surface area contributed by atoms with Gasteiger partial charge in [0, 0.05) is 18.5 Å². The first-order chi connectivity index (χ1) is 12.5. The number of morpholine rings is 1. The molecule has 0 bridgehead atoms. The summed E-state index contributed by atoms with van der Waals surface area (Å²) in [6, 6.07) is 4.75. The molecule has 26 heavy (non-hydrogen) atoms. The Morgan fingerprint density at radius 3 is 2.65 bits per heavy atom. The molecule has 1 amide bonds. The van der Waals surface area contributed by atoms with Crippen molar-refractivity contribution in [3.8, 4) is 5.75 Å². The van der Waals surface area contributed by atoms with E-state index in [-0.39, 0.29) is 24.6 Å². The Kier molecular flexibility index (Phi) is 5.17. The summed E-state index contributed by atoms with van der Waals surface area (Å²) >= 11 is 0. The fourth-order valence-corrected chi connectivity index (χ4v) is 2.88. The van der Waals surface area contributed by atoms with Gasteiger partial charge in [-0.05, 0) is 18.2 Å². The average Bonchev–Trinajstić information content (AvgIpc) is 2.65. The number of hydrogen-bond donors (Lipinski definition) is 1. The zero-order valence-electron chi connectivity index (χ0n) is 14.3. The van der Waals surface area contributed by atoms with E-state index in [9.17, 15) is 14.4 Å². The van der Waals surface area contributed by atoms with Crippen LogP contribution in [0.25, 0.3) is 10.8 Å². The number of hydrogen-bond acceptors (Lipinski definition) is 6. The Hall–Kier alpha value is -2.94. The van der Waals surface area contributed by atoms with E-state index in [0.29, 0.717) is 42.8 Å². The number of amides is 1. The van der Waals surface area contributed by atoms with E-state index in [1.54, 1.807) is 23.1 Å². The number of methoxy groups -OCH3 is 1. The summed E-state index contributed by atoms with van der Waals surface area (Å²) < 4.78 is 11.4. The second-order valence-electron chi connectivity index (χ2n) is 5.88. The Labute approximate surface area is 148 Å². The number of aliphatic carboxylic acids is 1. The summed E-state index contributed by atoms with van der Waals surface area (Å²) in [6.07, 6.45) is -0.365. The van der Waals surface area contributed by atoms with Gasteiger partial charge in [-0.25, -0.2) is 4.68 Å². The van der Waals surface area contributed by atoms with E-state index in [4.69, 9.17) is 14.6 Å². The van der Waals surface area contributed by atoms with Crippen LogP contribution in [-0.4, -0.2) is 65.1 Å². The van der Waals surface area contributed by atoms with E-state index < -0.39 is 11.5 Å². The van der Waals surface area contributed by atoms with Crippen LogP contribution < -0.4 is 10.3 Å². The first kappa shape index (κ1) is 17.9. The van der Waals surface area contributed by atoms with Crippen molar-refractivity contribution in [3.05, 3.63) is 34.2 Å². The van der Waals surface area contributed by atoms with E-state index in [2.05, 4.69) is 5.10 Å². The van der Waals surface area contributed by atoms with Crippen LogP contribution in [0.4, 0.5) is 0 Å². The number of aromatic nitrogens is 2. The van der Waals surface area contributed by atoms with Crippen LogP contribution in [0.2, 0.25) is 0 Å². The second kappa shape index (κ2) is 7.52. The molecule has 2 heterocycles. The molecule has 9 heteroatoms. The zero-order chi connectivity index (χ0) is 18.7. The molecule has 0 spiro atoms. The van der Waals surface area contributed by atoms with Crippen molar-refractivity contribution in [1.82, 2.24) is 14.7 Å². The summed E-state index contributed by atoms with van der Waals surface area (Å²) in [4.78, 5) is 37.9. The van der Waals surface area contributed by atoms with Crippen LogP contribution >= 0.6 is 0 Å². The smallest absolute Gasteiger partial charge is 0.309 e. The first-order valence-electron chi connectivity index (χ1n) is 8.14. The molecule has 0 radical (unpaired) electrons. The van der Waals surface area contributed by atoms with Crippen molar-refractivity contribution in [1.29, 1.82) is 0 Å². The molecule has 0 aliphatic carbocycles. The molecule has 1 aliphatic rings. The molecular weight excluding hydrogens is 342 g/mol. The van der Waals surface area contributed by atoms with Crippen LogP contribution in [0.15, 0.2) is 23.0 Å². The van der Waals surface area contributed by atoms with Gasteiger partial charge >= 0.3 is 5.97 Å². The molecule has 1 N–H and O–H groups in total. The van der Waals surface area contributed by atoms with Crippen molar-refractivity contribution >= 4 is 22.6 Å². The highest BCUT2D eigenvalue weighted by Gasteiger charge is 2.20. The van der Waals surface area contributed by atoms with Gasteiger partial charge in [0.15, 0.2) is 0 Å². The SMILES string of the molecule is COc1ccc2c(=O)n(CC(=O)N3CCOCC3)nc(CC(=O)O)c2c1. The van der Waals surface area contributed by atoms with Gasteiger partial charge in [0.05, 0.1) is 37.8 Å². The Morgan fingerprint density at radius 1 is 1.27 bits per heavy atom. The minimum absolute atomic E-state index is 0.209. The minimum atomic E-state index is -1.08. The fraction of sp³-hybridized carbons (Fsp3) is 0.412. The maximum atomic E-state index is 12.7. The summed E-state index contributed by atoms with van der Waals surface area (Å²) in [5, 5.41) is 14.0. The number of fused-ring (bicyclic) bond motifs is 1. The topological polar surface area (TPSA) is 111 Å². The predicted octanol–water partition coefficient (Wildman–Crippen LogP) is -0.109.